The number of nitrogens with one attached hydrogen (secondary N) is 2. The number of rotatable bonds is 4. The van der Waals surface area contributed by atoms with Crippen LogP contribution < -0.4 is 15.5 Å². The summed E-state index contributed by atoms with van der Waals surface area (Å²) in [5.41, 5.74) is 1.78. The van der Waals surface area contributed by atoms with Crippen molar-refractivity contribution in [3.63, 3.8) is 0 Å². The molecule has 1 unspecified atom stereocenters. The summed E-state index contributed by atoms with van der Waals surface area (Å²) >= 11 is 12.6. The Balaban J connectivity index is 1.50. The van der Waals surface area contributed by atoms with Gasteiger partial charge in [0.05, 0.1) is 16.8 Å². The number of hydrogen-bond acceptors (Lipinski definition) is 8. The second-order valence-electron chi connectivity index (χ2n) is 7.66. The van der Waals surface area contributed by atoms with Crippen molar-refractivity contribution >= 4 is 34.7 Å². The summed E-state index contributed by atoms with van der Waals surface area (Å²) in [5, 5.41) is 19.6. The maximum Gasteiger partial charge on any atom is 0.278 e. The normalized spacial score (nSPS) is 19.2. The molecule has 2 aliphatic rings. The SMILES string of the molecule is C[C@H](c1c(Cl)ccc(F)c1Cl)N1CCNc2nnc(-c3nc(C4CCNC4)no3)cc21. The first-order valence-electron chi connectivity index (χ1n) is 10.1. The fraction of sp³-hybridized carbons (Fsp3) is 0.400. The molecule has 2 aliphatic heterocycles. The number of nitrogens with zero attached hydrogens (tertiary/aromatic N) is 5. The Morgan fingerprint density at radius 3 is 2.94 bits per heavy atom. The van der Waals surface area contributed by atoms with Gasteiger partial charge in [0.15, 0.2) is 17.3 Å². The molecule has 2 atom stereocenters. The minimum atomic E-state index is -0.503. The molecule has 0 aliphatic carbocycles. The van der Waals surface area contributed by atoms with Crippen LogP contribution in [0, 0.1) is 5.82 Å². The van der Waals surface area contributed by atoms with E-state index in [-0.39, 0.29) is 17.0 Å². The molecule has 31 heavy (non-hydrogen) atoms. The van der Waals surface area contributed by atoms with Gasteiger partial charge in [0.2, 0.25) is 0 Å². The number of hydrogen-bond donors (Lipinski definition) is 2. The maximum atomic E-state index is 14.1. The molecule has 0 saturated carbocycles. The van der Waals surface area contributed by atoms with Gasteiger partial charge in [-0.3, -0.25) is 0 Å². The minimum Gasteiger partial charge on any atom is -0.365 e. The van der Waals surface area contributed by atoms with Crippen LogP contribution in [-0.4, -0.2) is 46.5 Å². The minimum absolute atomic E-state index is 0.0223. The van der Waals surface area contributed by atoms with E-state index < -0.39 is 5.82 Å². The number of benzene rings is 1. The van der Waals surface area contributed by atoms with Crippen molar-refractivity contribution in [3.05, 3.63) is 45.4 Å². The molecule has 0 radical (unpaired) electrons. The Labute approximate surface area is 188 Å². The summed E-state index contributed by atoms with van der Waals surface area (Å²) in [6, 6.07) is 4.34. The van der Waals surface area contributed by atoms with Gasteiger partial charge in [-0.25, -0.2) is 4.39 Å². The van der Waals surface area contributed by atoms with E-state index in [1.165, 1.54) is 12.1 Å². The average molecular weight is 464 g/mol. The van der Waals surface area contributed by atoms with Gasteiger partial charge in [0.1, 0.15) is 5.82 Å². The number of anilines is 2. The second kappa shape index (κ2) is 8.22. The van der Waals surface area contributed by atoms with Crippen LogP contribution in [-0.2, 0) is 0 Å². The quantitative estimate of drug-likeness (QED) is 0.559. The Kier molecular flexibility index (Phi) is 5.41. The maximum absolute atomic E-state index is 14.1. The van der Waals surface area contributed by atoms with Gasteiger partial charge in [-0.15, -0.1) is 10.2 Å². The van der Waals surface area contributed by atoms with Crippen molar-refractivity contribution in [3.8, 4) is 11.6 Å². The lowest BCUT2D eigenvalue weighted by molar-refractivity contribution is 0.415. The van der Waals surface area contributed by atoms with Crippen molar-refractivity contribution in [2.75, 3.05) is 36.4 Å². The molecule has 3 aromatic rings. The smallest absolute Gasteiger partial charge is 0.278 e. The van der Waals surface area contributed by atoms with Gasteiger partial charge in [0, 0.05) is 36.1 Å². The topological polar surface area (TPSA) is 92.0 Å². The first-order chi connectivity index (χ1) is 15.0. The third-order valence-corrected chi connectivity index (χ3v) is 6.49. The van der Waals surface area contributed by atoms with E-state index in [0.717, 1.165) is 25.2 Å². The van der Waals surface area contributed by atoms with Gasteiger partial charge in [-0.2, -0.15) is 4.98 Å². The lowest BCUT2D eigenvalue weighted by Crippen LogP contribution is -2.37. The van der Waals surface area contributed by atoms with E-state index in [1.54, 1.807) is 0 Å². The molecule has 11 heteroatoms. The third kappa shape index (κ3) is 3.71. The zero-order valence-corrected chi connectivity index (χ0v) is 18.2. The Morgan fingerprint density at radius 2 is 2.13 bits per heavy atom. The largest absolute Gasteiger partial charge is 0.365 e. The van der Waals surface area contributed by atoms with Crippen LogP contribution in [0.1, 0.15) is 36.7 Å². The molecule has 162 valence electrons. The number of fused-ring (bicyclic) bond motifs is 1. The van der Waals surface area contributed by atoms with Gasteiger partial charge in [-0.05, 0) is 38.1 Å². The van der Waals surface area contributed by atoms with Crippen LogP contribution in [0.25, 0.3) is 11.6 Å². The lowest BCUT2D eigenvalue weighted by atomic mass is 10.0. The molecule has 2 aromatic heterocycles. The molecule has 1 saturated heterocycles. The van der Waals surface area contributed by atoms with Gasteiger partial charge in [-0.1, -0.05) is 28.4 Å². The Morgan fingerprint density at radius 1 is 1.26 bits per heavy atom. The van der Waals surface area contributed by atoms with E-state index in [2.05, 4.69) is 35.9 Å². The van der Waals surface area contributed by atoms with Crippen LogP contribution in [0.2, 0.25) is 10.0 Å². The first-order valence-corrected chi connectivity index (χ1v) is 10.8. The fourth-order valence-electron chi connectivity index (χ4n) is 4.11. The predicted molar refractivity (Wildman–Crippen MR) is 116 cm³/mol. The molecular weight excluding hydrogens is 444 g/mol. The molecule has 1 aromatic carbocycles. The molecule has 0 spiro atoms. The van der Waals surface area contributed by atoms with Crippen LogP contribution >= 0.6 is 23.2 Å². The van der Waals surface area contributed by atoms with Crippen molar-refractivity contribution in [2.45, 2.75) is 25.3 Å². The van der Waals surface area contributed by atoms with Crippen molar-refractivity contribution in [1.29, 1.82) is 0 Å². The van der Waals surface area contributed by atoms with Gasteiger partial charge in [0.25, 0.3) is 5.89 Å². The summed E-state index contributed by atoms with van der Waals surface area (Å²) in [6.07, 6.45) is 0.971. The summed E-state index contributed by atoms with van der Waals surface area (Å²) in [4.78, 5) is 6.59. The molecule has 0 amide bonds. The van der Waals surface area contributed by atoms with Crippen LogP contribution in [0.4, 0.5) is 15.9 Å². The van der Waals surface area contributed by atoms with Crippen molar-refractivity contribution in [2.24, 2.45) is 0 Å². The second-order valence-corrected chi connectivity index (χ2v) is 8.45. The number of halogens is 3. The van der Waals surface area contributed by atoms with E-state index in [0.29, 0.717) is 46.9 Å². The molecule has 2 N–H and O–H groups in total. The zero-order valence-electron chi connectivity index (χ0n) is 16.7. The van der Waals surface area contributed by atoms with Crippen LogP contribution in [0.5, 0.6) is 0 Å². The summed E-state index contributed by atoms with van der Waals surface area (Å²) in [5.74, 6) is 1.33. The van der Waals surface area contributed by atoms with Crippen molar-refractivity contribution in [1.82, 2.24) is 25.7 Å². The Hall–Kier alpha value is -2.49. The molecule has 5 rings (SSSR count). The lowest BCUT2D eigenvalue weighted by Gasteiger charge is -2.36. The Bertz CT molecular complexity index is 1120. The highest BCUT2D eigenvalue weighted by atomic mass is 35.5. The summed E-state index contributed by atoms with van der Waals surface area (Å²) in [7, 11) is 0. The predicted octanol–water partition coefficient (Wildman–Crippen LogP) is 4.04. The van der Waals surface area contributed by atoms with Crippen LogP contribution in [0.15, 0.2) is 22.7 Å². The van der Waals surface area contributed by atoms with E-state index >= 15 is 0 Å². The van der Waals surface area contributed by atoms with Gasteiger partial charge < -0.3 is 20.1 Å². The fourth-order valence-corrected chi connectivity index (χ4v) is 4.80. The highest BCUT2D eigenvalue weighted by Gasteiger charge is 2.29. The van der Waals surface area contributed by atoms with Gasteiger partial charge >= 0.3 is 0 Å². The first kappa shape index (κ1) is 20.4. The van der Waals surface area contributed by atoms with Crippen LogP contribution in [0.3, 0.4) is 0 Å². The highest BCUT2D eigenvalue weighted by Crippen LogP contribution is 2.40. The zero-order chi connectivity index (χ0) is 21.5. The molecular formula is C20H20Cl2FN7O. The number of aromatic nitrogens is 4. The molecule has 4 heterocycles. The average Bonchev–Trinajstić information content (AvgIpc) is 3.47. The summed E-state index contributed by atoms with van der Waals surface area (Å²) < 4.78 is 19.6. The molecule has 1 fully saturated rings. The highest BCUT2D eigenvalue weighted by molar-refractivity contribution is 6.36. The van der Waals surface area contributed by atoms with E-state index in [1.807, 2.05) is 13.0 Å². The van der Waals surface area contributed by atoms with Crippen molar-refractivity contribution < 1.29 is 8.91 Å². The third-order valence-electron chi connectivity index (χ3n) is 5.78. The summed E-state index contributed by atoms with van der Waals surface area (Å²) in [6.45, 7) is 5.00. The molecule has 0 bridgehead atoms. The van der Waals surface area contributed by atoms with E-state index in [9.17, 15) is 4.39 Å². The standard InChI is InChI=1S/C20H20Cl2FN7O/c1-10(16-12(21)2-3-13(23)17(16)22)30-7-6-25-19-15(30)8-14(27-28-19)20-26-18(29-31-20)11-4-5-24-9-11/h2-3,8,10-11,24H,4-7,9H2,1H3,(H,25,28)/t10-,11?/m1/s1. The molecule has 8 nitrogen and oxygen atoms in total. The monoisotopic (exact) mass is 463 g/mol. The van der Waals surface area contributed by atoms with E-state index in [4.69, 9.17) is 27.7 Å².